The number of carbonyl (C=O) groups is 1. The van der Waals surface area contributed by atoms with Crippen LogP contribution in [0.15, 0.2) is 48.7 Å². The van der Waals surface area contributed by atoms with Gasteiger partial charge in [-0.3, -0.25) is 9.78 Å². The normalized spacial score (nSPS) is 11.7. The van der Waals surface area contributed by atoms with Crippen molar-refractivity contribution in [2.45, 2.75) is 25.1 Å². The Balaban J connectivity index is 0.00000312. The Morgan fingerprint density at radius 1 is 1.12 bits per heavy atom. The zero-order valence-corrected chi connectivity index (χ0v) is 15.2. The Kier molecular flexibility index (Phi) is 10.2. The number of aromatic nitrogens is 1. The van der Waals surface area contributed by atoms with Crippen LogP contribution in [-0.4, -0.2) is 29.8 Å². The summed E-state index contributed by atoms with van der Waals surface area (Å²) in [4.78, 5) is 15.7. The Labute approximate surface area is 161 Å². The van der Waals surface area contributed by atoms with Gasteiger partial charge >= 0.3 is 12.1 Å². The van der Waals surface area contributed by atoms with Crippen molar-refractivity contribution < 1.29 is 22.7 Å². The van der Waals surface area contributed by atoms with Gasteiger partial charge in [-0.1, -0.05) is 36.4 Å². The second kappa shape index (κ2) is 11.0. The van der Waals surface area contributed by atoms with E-state index in [1.54, 1.807) is 6.20 Å². The first-order chi connectivity index (χ1) is 11.3. The maximum Gasteiger partial charge on any atom is 0.422 e. The average Bonchev–Trinajstić information content (AvgIpc) is 2.58. The molecule has 0 aliphatic rings. The number of esters is 1. The van der Waals surface area contributed by atoms with Gasteiger partial charge in [0, 0.05) is 11.8 Å². The van der Waals surface area contributed by atoms with Crippen LogP contribution in [0.25, 0.3) is 11.3 Å². The standard InChI is InChI=1S/C17H17F3N2O2.2ClH/c18-17(19,20)11-24-16(23)14(21)8-6-12-7-9-15(22-10-12)13-4-2-1-3-5-13;;/h1-5,7,9-10,14H,6,8,11,21H2;2*1H/t14-;;/m0../s1. The van der Waals surface area contributed by atoms with Crippen LogP contribution in [0.5, 0.6) is 0 Å². The molecule has 2 N–H and O–H groups in total. The van der Waals surface area contributed by atoms with Crippen molar-refractivity contribution in [3.63, 3.8) is 0 Å². The molecule has 1 heterocycles. The molecule has 0 aliphatic heterocycles. The molecule has 0 saturated heterocycles. The fourth-order valence-corrected chi connectivity index (χ4v) is 2.05. The van der Waals surface area contributed by atoms with Crippen molar-refractivity contribution in [2.75, 3.05) is 6.61 Å². The van der Waals surface area contributed by atoms with Crippen LogP contribution in [0.1, 0.15) is 12.0 Å². The van der Waals surface area contributed by atoms with E-state index in [-0.39, 0.29) is 31.2 Å². The number of aryl methyl sites for hydroxylation is 1. The van der Waals surface area contributed by atoms with Gasteiger partial charge in [0.2, 0.25) is 0 Å². The Morgan fingerprint density at radius 3 is 2.31 bits per heavy atom. The summed E-state index contributed by atoms with van der Waals surface area (Å²) in [5, 5.41) is 0. The van der Waals surface area contributed by atoms with E-state index >= 15 is 0 Å². The van der Waals surface area contributed by atoms with E-state index in [4.69, 9.17) is 5.73 Å². The summed E-state index contributed by atoms with van der Waals surface area (Å²) >= 11 is 0. The third-order valence-electron chi connectivity index (χ3n) is 3.32. The summed E-state index contributed by atoms with van der Waals surface area (Å²) in [6.07, 6.45) is -2.28. The number of rotatable bonds is 6. The number of alkyl halides is 3. The monoisotopic (exact) mass is 410 g/mol. The zero-order chi connectivity index (χ0) is 17.6. The SMILES string of the molecule is Cl.Cl.N[C@@H](CCc1ccc(-c2ccccc2)nc1)C(=O)OCC(F)(F)F. The number of pyridine rings is 1. The third-order valence-corrected chi connectivity index (χ3v) is 3.32. The van der Waals surface area contributed by atoms with E-state index in [1.807, 2.05) is 42.5 Å². The molecule has 0 fully saturated rings. The van der Waals surface area contributed by atoms with E-state index in [9.17, 15) is 18.0 Å². The summed E-state index contributed by atoms with van der Waals surface area (Å²) in [6.45, 7) is -1.62. The van der Waals surface area contributed by atoms with E-state index in [2.05, 4.69) is 9.72 Å². The summed E-state index contributed by atoms with van der Waals surface area (Å²) in [7, 11) is 0. The smallest absolute Gasteiger partial charge is 0.422 e. The molecule has 0 saturated carbocycles. The lowest BCUT2D eigenvalue weighted by molar-refractivity contribution is -0.187. The molecule has 0 unspecified atom stereocenters. The van der Waals surface area contributed by atoms with Gasteiger partial charge in [0.1, 0.15) is 6.04 Å². The van der Waals surface area contributed by atoms with Gasteiger partial charge in [0.05, 0.1) is 5.69 Å². The first kappa shape index (κ1) is 24.2. The van der Waals surface area contributed by atoms with Gasteiger partial charge in [-0.25, -0.2) is 0 Å². The molecule has 2 aromatic rings. The van der Waals surface area contributed by atoms with E-state index < -0.39 is 24.8 Å². The third kappa shape index (κ3) is 8.03. The highest BCUT2D eigenvalue weighted by Gasteiger charge is 2.30. The molecule has 4 nitrogen and oxygen atoms in total. The van der Waals surface area contributed by atoms with Crippen LogP contribution in [0.3, 0.4) is 0 Å². The fourth-order valence-electron chi connectivity index (χ4n) is 2.05. The topological polar surface area (TPSA) is 65.2 Å². The van der Waals surface area contributed by atoms with Gasteiger partial charge in [0.25, 0.3) is 0 Å². The van der Waals surface area contributed by atoms with Gasteiger partial charge < -0.3 is 10.5 Å². The molecular formula is C17H19Cl2F3N2O2. The summed E-state index contributed by atoms with van der Waals surface area (Å²) in [5.74, 6) is -1.05. The van der Waals surface area contributed by atoms with Crippen molar-refractivity contribution in [1.82, 2.24) is 4.98 Å². The van der Waals surface area contributed by atoms with Crippen LogP contribution < -0.4 is 5.73 Å². The average molecular weight is 411 g/mol. The van der Waals surface area contributed by atoms with Gasteiger partial charge in [-0.2, -0.15) is 13.2 Å². The highest BCUT2D eigenvalue weighted by Crippen LogP contribution is 2.17. The highest BCUT2D eigenvalue weighted by molar-refractivity contribution is 5.85. The van der Waals surface area contributed by atoms with Crippen molar-refractivity contribution in [1.29, 1.82) is 0 Å². The van der Waals surface area contributed by atoms with Crippen molar-refractivity contribution >= 4 is 30.8 Å². The lowest BCUT2D eigenvalue weighted by atomic mass is 10.1. The molecular weight excluding hydrogens is 392 g/mol. The molecule has 0 bridgehead atoms. The molecule has 1 aromatic heterocycles. The molecule has 0 radical (unpaired) electrons. The van der Waals surface area contributed by atoms with Crippen LogP contribution in [0.2, 0.25) is 0 Å². The second-order valence-electron chi connectivity index (χ2n) is 5.29. The molecule has 26 heavy (non-hydrogen) atoms. The minimum Gasteiger partial charge on any atom is -0.455 e. The maximum absolute atomic E-state index is 12.0. The Bertz CT molecular complexity index is 668. The molecule has 1 atom stereocenters. The van der Waals surface area contributed by atoms with Crippen molar-refractivity contribution in [3.05, 3.63) is 54.2 Å². The molecule has 9 heteroatoms. The van der Waals surface area contributed by atoms with E-state index in [0.29, 0.717) is 6.42 Å². The van der Waals surface area contributed by atoms with Crippen LogP contribution in [-0.2, 0) is 16.0 Å². The zero-order valence-electron chi connectivity index (χ0n) is 13.6. The first-order valence-corrected chi connectivity index (χ1v) is 7.34. The lowest BCUT2D eigenvalue weighted by Gasteiger charge is -2.12. The van der Waals surface area contributed by atoms with Gasteiger partial charge in [-0.05, 0) is 24.5 Å². The summed E-state index contributed by atoms with van der Waals surface area (Å²) < 4.78 is 40.1. The van der Waals surface area contributed by atoms with Crippen molar-refractivity contribution in [2.24, 2.45) is 5.73 Å². The van der Waals surface area contributed by atoms with Crippen LogP contribution >= 0.6 is 24.8 Å². The van der Waals surface area contributed by atoms with Crippen molar-refractivity contribution in [3.8, 4) is 11.3 Å². The summed E-state index contributed by atoms with van der Waals surface area (Å²) in [5.41, 5.74) is 8.19. The molecule has 144 valence electrons. The molecule has 0 spiro atoms. The number of ether oxygens (including phenoxy) is 1. The molecule has 0 aliphatic carbocycles. The van der Waals surface area contributed by atoms with Crippen LogP contribution in [0.4, 0.5) is 13.2 Å². The number of benzene rings is 1. The Morgan fingerprint density at radius 2 is 1.77 bits per heavy atom. The van der Waals surface area contributed by atoms with Crippen LogP contribution in [0, 0.1) is 0 Å². The number of carbonyl (C=O) groups excluding carboxylic acids is 1. The minimum absolute atomic E-state index is 0. The number of hydrogen-bond donors (Lipinski definition) is 1. The lowest BCUT2D eigenvalue weighted by Crippen LogP contribution is -2.35. The highest BCUT2D eigenvalue weighted by atomic mass is 35.5. The molecule has 0 amide bonds. The predicted molar refractivity (Wildman–Crippen MR) is 97.5 cm³/mol. The number of nitrogens with zero attached hydrogens (tertiary/aromatic N) is 1. The fraction of sp³-hybridized carbons (Fsp3) is 0.294. The van der Waals surface area contributed by atoms with Gasteiger partial charge in [-0.15, -0.1) is 24.8 Å². The minimum atomic E-state index is -4.55. The quantitative estimate of drug-likeness (QED) is 0.731. The largest absolute Gasteiger partial charge is 0.455 e. The number of hydrogen-bond acceptors (Lipinski definition) is 4. The maximum atomic E-state index is 12.0. The molecule has 2 rings (SSSR count). The number of nitrogens with two attached hydrogens (primary N) is 1. The number of halogens is 5. The van der Waals surface area contributed by atoms with E-state index in [1.165, 1.54) is 0 Å². The van der Waals surface area contributed by atoms with E-state index in [0.717, 1.165) is 16.8 Å². The molecule has 1 aromatic carbocycles. The van der Waals surface area contributed by atoms with Gasteiger partial charge in [0.15, 0.2) is 6.61 Å². The first-order valence-electron chi connectivity index (χ1n) is 7.34. The second-order valence-corrected chi connectivity index (χ2v) is 5.29. The summed E-state index contributed by atoms with van der Waals surface area (Å²) in [6, 6.07) is 12.2. The predicted octanol–water partition coefficient (Wildman–Crippen LogP) is 3.96. The Hall–Kier alpha value is -1.83.